The van der Waals surface area contributed by atoms with Crippen molar-refractivity contribution >= 4 is 11.9 Å². The molecule has 1 fully saturated rings. The quantitative estimate of drug-likeness (QED) is 0.474. The van der Waals surface area contributed by atoms with E-state index in [1.54, 1.807) is 7.11 Å². The average Bonchev–Trinajstić information content (AvgIpc) is 2.97. The van der Waals surface area contributed by atoms with Crippen molar-refractivity contribution in [2.24, 2.45) is 11.3 Å². The van der Waals surface area contributed by atoms with Crippen molar-refractivity contribution in [2.45, 2.75) is 32.3 Å². The van der Waals surface area contributed by atoms with Crippen molar-refractivity contribution in [3.63, 3.8) is 0 Å². The molecule has 0 unspecified atom stereocenters. The topological polar surface area (TPSA) is 61.8 Å². The van der Waals surface area contributed by atoms with Crippen LogP contribution in [0.1, 0.15) is 29.5 Å². The van der Waals surface area contributed by atoms with Gasteiger partial charge in [0.15, 0.2) is 5.41 Å². The summed E-state index contributed by atoms with van der Waals surface area (Å²) >= 11 is 0. The third kappa shape index (κ3) is 1.55. The van der Waals surface area contributed by atoms with Gasteiger partial charge in [-0.3, -0.25) is 9.59 Å². The number of carbonyl (C=O) groups excluding carboxylic acids is 2. The fourth-order valence-corrected chi connectivity index (χ4v) is 4.89. The molecule has 0 N–H and O–H groups in total. The van der Waals surface area contributed by atoms with Crippen LogP contribution in [0.4, 0.5) is 0 Å². The molecule has 5 heteroatoms. The first-order valence-corrected chi connectivity index (χ1v) is 8.11. The second kappa shape index (κ2) is 4.85. The maximum atomic E-state index is 12.8. The molecule has 24 heavy (non-hydrogen) atoms. The van der Waals surface area contributed by atoms with Crippen LogP contribution in [0.25, 0.3) is 0 Å². The first-order chi connectivity index (χ1) is 11.5. The van der Waals surface area contributed by atoms with Crippen LogP contribution in [0, 0.1) is 18.3 Å². The summed E-state index contributed by atoms with van der Waals surface area (Å²) in [5.41, 5.74) is 2.63. The van der Waals surface area contributed by atoms with E-state index in [4.69, 9.17) is 14.2 Å². The van der Waals surface area contributed by atoms with E-state index >= 15 is 0 Å². The van der Waals surface area contributed by atoms with E-state index in [9.17, 15) is 9.59 Å². The highest BCUT2D eigenvalue weighted by Gasteiger charge is 2.68. The lowest BCUT2D eigenvalue weighted by Gasteiger charge is -2.49. The Morgan fingerprint density at radius 1 is 1.29 bits per heavy atom. The van der Waals surface area contributed by atoms with Crippen molar-refractivity contribution in [3.8, 4) is 5.75 Å². The number of esters is 2. The molecule has 0 saturated carbocycles. The third-order valence-corrected chi connectivity index (χ3v) is 6.01. The molecule has 1 saturated heterocycles. The van der Waals surface area contributed by atoms with Gasteiger partial charge in [0.1, 0.15) is 11.9 Å². The first kappa shape index (κ1) is 15.2. The lowest BCUT2D eigenvalue weighted by molar-refractivity contribution is -0.186. The predicted octanol–water partition coefficient (Wildman–Crippen LogP) is 2.30. The summed E-state index contributed by atoms with van der Waals surface area (Å²) in [7, 11) is 2.97. The second-order valence-corrected chi connectivity index (χ2v) is 6.83. The molecule has 0 amide bonds. The molecule has 4 aliphatic rings. The lowest BCUT2D eigenvalue weighted by atomic mass is 9.58. The zero-order valence-electron chi connectivity index (χ0n) is 14.2. The highest BCUT2D eigenvalue weighted by molar-refractivity contribution is 6.06. The minimum Gasteiger partial charge on any atom is -0.496 e. The molecule has 5 rings (SSSR count). The van der Waals surface area contributed by atoms with Gasteiger partial charge in [0.25, 0.3) is 0 Å². The van der Waals surface area contributed by atoms with Crippen LogP contribution in [0.2, 0.25) is 0 Å². The monoisotopic (exact) mass is 328 g/mol. The fraction of sp³-hybridized carbons (Fsp3) is 0.474. The molecule has 2 aliphatic heterocycles. The van der Waals surface area contributed by atoms with Crippen LogP contribution in [-0.4, -0.2) is 32.3 Å². The highest BCUT2D eigenvalue weighted by Crippen LogP contribution is 2.61. The standard InChI is InChI=1S/C19H20O5/c1-9-7-15-13-8-12-10(2)14(22-3)6-5-11(12)16(13)19(9,17(20)23-4)18(21)24-15/h5-7,13,15-16H,8H2,1-4H3/t13-,15+,16-,19-/m1/s1. The number of carbonyl (C=O) groups is 2. The molecule has 0 spiro atoms. The van der Waals surface area contributed by atoms with Gasteiger partial charge in [-0.1, -0.05) is 6.07 Å². The Morgan fingerprint density at radius 2 is 2.04 bits per heavy atom. The summed E-state index contributed by atoms with van der Waals surface area (Å²) in [5.74, 6) is -0.367. The van der Waals surface area contributed by atoms with E-state index in [1.165, 1.54) is 7.11 Å². The molecule has 2 bridgehead atoms. The van der Waals surface area contributed by atoms with Gasteiger partial charge in [0, 0.05) is 11.8 Å². The summed E-state index contributed by atoms with van der Waals surface area (Å²) in [4.78, 5) is 25.5. The molecular formula is C19H20O5. The van der Waals surface area contributed by atoms with Crippen LogP contribution in [-0.2, 0) is 25.5 Å². The Kier molecular flexibility index (Phi) is 3.08. The smallest absolute Gasteiger partial charge is 0.328 e. The Labute approximate surface area is 140 Å². The normalized spacial score (nSPS) is 32.6. The molecule has 0 radical (unpaired) electrons. The Bertz CT molecular complexity index is 793. The van der Waals surface area contributed by atoms with E-state index in [0.29, 0.717) is 0 Å². The van der Waals surface area contributed by atoms with Gasteiger partial charge in [-0.05, 0) is 54.7 Å². The number of rotatable bonds is 2. The van der Waals surface area contributed by atoms with E-state index < -0.39 is 17.4 Å². The second-order valence-electron chi connectivity index (χ2n) is 6.83. The van der Waals surface area contributed by atoms with Crippen molar-refractivity contribution < 1.29 is 23.8 Å². The van der Waals surface area contributed by atoms with E-state index in [-0.39, 0.29) is 17.9 Å². The Morgan fingerprint density at radius 3 is 2.67 bits per heavy atom. The van der Waals surface area contributed by atoms with Gasteiger partial charge in [-0.25, -0.2) is 0 Å². The first-order valence-electron chi connectivity index (χ1n) is 8.11. The van der Waals surface area contributed by atoms with E-state index in [2.05, 4.69) is 0 Å². The maximum Gasteiger partial charge on any atom is 0.328 e. The summed E-state index contributed by atoms with van der Waals surface area (Å²) < 4.78 is 16.0. The summed E-state index contributed by atoms with van der Waals surface area (Å²) in [6.07, 6.45) is 2.40. The van der Waals surface area contributed by atoms with Gasteiger partial charge < -0.3 is 14.2 Å². The summed E-state index contributed by atoms with van der Waals surface area (Å²) in [6, 6.07) is 3.89. The van der Waals surface area contributed by atoms with E-state index in [1.807, 2.05) is 32.1 Å². The zero-order valence-corrected chi connectivity index (χ0v) is 14.2. The molecule has 5 nitrogen and oxygen atoms in total. The van der Waals surface area contributed by atoms with Crippen LogP contribution in [0.5, 0.6) is 5.75 Å². The number of hydrogen-bond donors (Lipinski definition) is 0. The molecule has 126 valence electrons. The zero-order chi connectivity index (χ0) is 17.2. The number of methoxy groups -OCH3 is 2. The molecular weight excluding hydrogens is 308 g/mol. The van der Waals surface area contributed by atoms with Crippen molar-refractivity contribution in [3.05, 3.63) is 40.5 Å². The minimum absolute atomic E-state index is 0.0614. The SMILES string of the molecule is COC(=O)[C@@]12C(=O)O[C@@H](C=C1C)[C@H]1Cc3c(ccc(OC)c3C)[C@H]12. The van der Waals surface area contributed by atoms with Crippen LogP contribution in [0.15, 0.2) is 23.8 Å². The van der Waals surface area contributed by atoms with Gasteiger partial charge in [0.05, 0.1) is 14.2 Å². The summed E-state index contributed by atoms with van der Waals surface area (Å²) in [6.45, 7) is 3.85. The largest absolute Gasteiger partial charge is 0.496 e. The number of benzene rings is 1. The molecule has 2 heterocycles. The lowest BCUT2D eigenvalue weighted by Crippen LogP contribution is -2.58. The molecule has 0 aromatic heterocycles. The van der Waals surface area contributed by atoms with Crippen molar-refractivity contribution in [1.29, 1.82) is 0 Å². The van der Waals surface area contributed by atoms with E-state index in [0.717, 1.165) is 34.4 Å². The number of fused-ring (bicyclic) bond motifs is 2. The molecule has 1 aromatic carbocycles. The Hall–Kier alpha value is -2.30. The number of hydrogen-bond acceptors (Lipinski definition) is 5. The summed E-state index contributed by atoms with van der Waals surface area (Å²) in [5, 5.41) is 0. The number of ether oxygens (including phenoxy) is 3. The molecule has 2 aliphatic carbocycles. The predicted molar refractivity (Wildman–Crippen MR) is 85.8 cm³/mol. The third-order valence-electron chi connectivity index (χ3n) is 6.01. The van der Waals surface area contributed by atoms with Crippen LogP contribution < -0.4 is 4.74 Å². The van der Waals surface area contributed by atoms with Crippen molar-refractivity contribution in [1.82, 2.24) is 0 Å². The average molecular weight is 328 g/mol. The fourth-order valence-electron chi connectivity index (χ4n) is 4.89. The van der Waals surface area contributed by atoms with Crippen LogP contribution >= 0.6 is 0 Å². The van der Waals surface area contributed by atoms with Gasteiger partial charge in [-0.2, -0.15) is 0 Å². The van der Waals surface area contributed by atoms with Crippen LogP contribution in [0.3, 0.4) is 0 Å². The highest BCUT2D eigenvalue weighted by atomic mass is 16.6. The van der Waals surface area contributed by atoms with Gasteiger partial charge in [0.2, 0.25) is 0 Å². The van der Waals surface area contributed by atoms with Gasteiger partial charge in [-0.15, -0.1) is 0 Å². The van der Waals surface area contributed by atoms with Crippen molar-refractivity contribution in [2.75, 3.05) is 14.2 Å². The minimum atomic E-state index is -1.36. The Balaban J connectivity index is 1.97. The molecule has 4 atom stereocenters. The van der Waals surface area contributed by atoms with Gasteiger partial charge >= 0.3 is 11.9 Å². The molecule has 1 aromatic rings. The maximum absolute atomic E-state index is 12.8.